The number of benzene rings is 1. The average Bonchev–Trinajstić information content (AvgIpc) is 3.03. The summed E-state index contributed by atoms with van der Waals surface area (Å²) in [5.74, 6) is 0.802. The minimum atomic E-state index is 0.412. The average molecular weight is 286 g/mol. The predicted octanol–water partition coefficient (Wildman–Crippen LogP) is 4.10. The second-order valence-corrected chi connectivity index (χ2v) is 5.59. The van der Waals surface area contributed by atoms with Crippen molar-refractivity contribution in [3.8, 4) is 11.3 Å². The van der Waals surface area contributed by atoms with E-state index >= 15 is 0 Å². The number of anilines is 1. The standard InChI is InChI=1S/C17H22N2O2/c1-2-3-16-10-15(8-9-20-16)19-14-6-4-13(5-7-14)17-11-18-12-21-17/h4-7,11-12,15-16,19H,2-3,8-10H2,1H3. The second kappa shape index (κ2) is 6.76. The lowest BCUT2D eigenvalue weighted by Gasteiger charge is -2.30. The first-order valence-corrected chi connectivity index (χ1v) is 7.72. The Balaban J connectivity index is 1.60. The summed E-state index contributed by atoms with van der Waals surface area (Å²) < 4.78 is 11.1. The number of hydrogen-bond acceptors (Lipinski definition) is 4. The fourth-order valence-electron chi connectivity index (χ4n) is 2.86. The van der Waals surface area contributed by atoms with E-state index in [1.54, 1.807) is 6.20 Å². The largest absolute Gasteiger partial charge is 0.444 e. The molecule has 2 heterocycles. The van der Waals surface area contributed by atoms with E-state index in [2.05, 4.69) is 41.5 Å². The summed E-state index contributed by atoms with van der Waals surface area (Å²) in [6.07, 6.45) is 8.11. The first kappa shape index (κ1) is 14.1. The third kappa shape index (κ3) is 3.64. The summed E-state index contributed by atoms with van der Waals surface area (Å²) in [4.78, 5) is 3.94. The Labute approximate surface area is 125 Å². The minimum Gasteiger partial charge on any atom is -0.444 e. The van der Waals surface area contributed by atoms with Gasteiger partial charge in [-0.3, -0.25) is 0 Å². The molecule has 112 valence electrons. The van der Waals surface area contributed by atoms with Crippen molar-refractivity contribution in [3.05, 3.63) is 36.9 Å². The van der Waals surface area contributed by atoms with Crippen LogP contribution in [0.1, 0.15) is 32.6 Å². The van der Waals surface area contributed by atoms with Crippen LogP contribution in [0.5, 0.6) is 0 Å². The fraction of sp³-hybridized carbons (Fsp3) is 0.471. The van der Waals surface area contributed by atoms with E-state index in [1.807, 2.05) is 0 Å². The Morgan fingerprint density at radius 2 is 2.14 bits per heavy atom. The molecule has 1 aromatic heterocycles. The normalized spacial score (nSPS) is 22.1. The molecule has 1 saturated heterocycles. The Morgan fingerprint density at radius 1 is 1.29 bits per heavy atom. The molecule has 1 fully saturated rings. The zero-order valence-corrected chi connectivity index (χ0v) is 12.4. The van der Waals surface area contributed by atoms with E-state index in [0.717, 1.165) is 42.9 Å². The van der Waals surface area contributed by atoms with Crippen LogP contribution in [0, 0.1) is 0 Å². The number of rotatable bonds is 5. The third-order valence-electron chi connectivity index (χ3n) is 3.95. The number of nitrogens with one attached hydrogen (secondary N) is 1. The van der Waals surface area contributed by atoms with Crippen molar-refractivity contribution in [2.45, 2.75) is 44.8 Å². The minimum absolute atomic E-state index is 0.412. The number of oxazole rings is 1. The molecule has 1 aromatic carbocycles. The van der Waals surface area contributed by atoms with Crippen LogP contribution in [-0.4, -0.2) is 23.7 Å². The van der Waals surface area contributed by atoms with Crippen LogP contribution in [0.15, 0.2) is 41.3 Å². The highest BCUT2D eigenvalue weighted by Gasteiger charge is 2.21. The van der Waals surface area contributed by atoms with Crippen LogP contribution in [0.3, 0.4) is 0 Å². The molecule has 0 bridgehead atoms. The van der Waals surface area contributed by atoms with E-state index in [4.69, 9.17) is 9.15 Å². The molecule has 0 amide bonds. The summed E-state index contributed by atoms with van der Waals surface area (Å²) in [5, 5.41) is 3.62. The van der Waals surface area contributed by atoms with Gasteiger partial charge in [0, 0.05) is 23.9 Å². The molecule has 1 aliphatic heterocycles. The third-order valence-corrected chi connectivity index (χ3v) is 3.95. The summed E-state index contributed by atoms with van der Waals surface area (Å²) in [7, 11) is 0. The summed E-state index contributed by atoms with van der Waals surface area (Å²) >= 11 is 0. The van der Waals surface area contributed by atoms with E-state index in [1.165, 1.54) is 12.8 Å². The highest BCUT2D eigenvalue weighted by Crippen LogP contribution is 2.24. The van der Waals surface area contributed by atoms with Crippen LogP contribution >= 0.6 is 0 Å². The molecule has 0 saturated carbocycles. The maximum Gasteiger partial charge on any atom is 0.181 e. The Hall–Kier alpha value is -1.81. The molecule has 4 heteroatoms. The van der Waals surface area contributed by atoms with Gasteiger partial charge in [-0.25, -0.2) is 4.98 Å². The van der Waals surface area contributed by atoms with Gasteiger partial charge in [0.15, 0.2) is 12.2 Å². The molecule has 2 unspecified atom stereocenters. The van der Waals surface area contributed by atoms with Crippen LogP contribution < -0.4 is 5.32 Å². The Morgan fingerprint density at radius 3 is 2.86 bits per heavy atom. The van der Waals surface area contributed by atoms with Gasteiger partial charge < -0.3 is 14.5 Å². The summed E-state index contributed by atoms with van der Waals surface area (Å²) in [6, 6.07) is 8.83. The molecule has 1 N–H and O–H groups in total. The topological polar surface area (TPSA) is 47.3 Å². The molecule has 0 radical (unpaired) electrons. The number of ether oxygens (including phenoxy) is 1. The monoisotopic (exact) mass is 286 g/mol. The van der Waals surface area contributed by atoms with Crippen molar-refractivity contribution < 1.29 is 9.15 Å². The molecule has 1 aliphatic rings. The van der Waals surface area contributed by atoms with Crippen molar-refractivity contribution >= 4 is 5.69 Å². The van der Waals surface area contributed by atoms with Gasteiger partial charge in [0.1, 0.15) is 0 Å². The molecule has 21 heavy (non-hydrogen) atoms. The zero-order chi connectivity index (χ0) is 14.5. The first-order valence-electron chi connectivity index (χ1n) is 7.72. The SMILES string of the molecule is CCCC1CC(Nc2ccc(-c3cnco3)cc2)CCO1. The summed E-state index contributed by atoms with van der Waals surface area (Å²) in [5.41, 5.74) is 2.20. The highest BCUT2D eigenvalue weighted by molar-refractivity contribution is 5.60. The lowest BCUT2D eigenvalue weighted by molar-refractivity contribution is 0.00598. The van der Waals surface area contributed by atoms with Crippen LogP contribution in [0.2, 0.25) is 0 Å². The van der Waals surface area contributed by atoms with Gasteiger partial charge in [-0.1, -0.05) is 13.3 Å². The lowest BCUT2D eigenvalue weighted by Crippen LogP contribution is -2.33. The molecule has 2 atom stereocenters. The van der Waals surface area contributed by atoms with Crippen molar-refractivity contribution in [3.63, 3.8) is 0 Å². The molecular weight excluding hydrogens is 264 g/mol. The van der Waals surface area contributed by atoms with Gasteiger partial charge in [-0.05, 0) is 43.5 Å². The molecule has 3 rings (SSSR count). The summed E-state index contributed by atoms with van der Waals surface area (Å²) in [6.45, 7) is 3.07. The first-order chi connectivity index (χ1) is 10.3. The van der Waals surface area contributed by atoms with Crippen molar-refractivity contribution in [1.82, 2.24) is 4.98 Å². The van der Waals surface area contributed by atoms with E-state index in [9.17, 15) is 0 Å². The van der Waals surface area contributed by atoms with Crippen molar-refractivity contribution in [2.75, 3.05) is 11.9 Å². The molecule has 2 aromatic rings. The Kier molecular flexibility index (Phi) is 4.55. The van der Waals surface area contributed by atoms with Crippen molar-refractivity contribution in [2.24, 2.45) is 0 Å². The highest BCUT2D eigenvalue weighted by atomic mass is 16.5. The van der Waals surface area contributed by atoms with Crippen LogP contribution in [-0.2, 0) is 4.74 Å². The van der Waals surface area contributed by atoms with Crippen LogP contribution in [0.4, 0.5) is 5.69 Å². The van der Waals surface area contributed by atoms with Gasteiger partial charge in [0.25, 0.3) is 0 Å². The number of nitrogens with zero attached hydrogens (tertiary/aromatic N) is 1. The predicted molar refractivity (Wildman–Crippen MR) is 83.2 cm³/mol. The maximum absolute atomic E-state index is 5.80. The quantitative estimate of drug-likeness (QED) is 0.899. The smallest absolute Gasteiger partial charge is 0.181 e. The fourth-order valence-corrected chi connectivity index (χ4v) is 2.86. The van der Waals surface area contributed by atoms with E-state index in [0.29, 0.717) is 12.1 Å². The van der Waals surface area contributed by atoms with Gasteiger partial charge >= 0.3 is 0 Å². The zero-order valence-electron chi connectivity index (χ0n) is 12.4. The van der Waals surface area contributed by atoms with Crippen molar-refractivity contribution in [1.29, 1.82) is 0 Å². The lowest BCUT2D eigenvalue weighted by atomic mass is 10.00. The second-order valence-electron chi connectivity index (χ2n) is 5.59. The van der Waals surface area contributed by atoms with E-state index < -0.39 is 0 Å². The molecular formula is C17H22N2O2. The van der Waals surface area contributed by atoms with Gasteiger partial charge in [0.2, 0.25) is 0 Å². The van der Waals surface area contributed by atoms with Crippen LogP contribution in [0.25, 0.3) is 11.3 Å². The molecule has 4 nitrogen and oxygen atoms in total. The number of hydrogen-bond donors (Lipinski definition) is 1. The van der Waals surface area contributed by atoms with Gasteiger partial charge in [0.05, 0.1) is 12.3 Å². The van der Waals surface area contributed by atoms with Gasteiger partial charge in [-0.2, -0.15) is 0 Å². The number of aromatic nitrogens is 1. The molecule has 0 aliphatic carbocycles. The maximum atomic E-state index is 5.80. The Bertz CT molecular complexity index is 534. The molecule has 0 spiro atoms. The van der Waals surface area contributed by atoms with E-state index in [-0.39, 0.29) is 0 Å². The van der Waals surface area contributed by atoms with Gasteiger partial charge in [-0.15, -0.1) is 0 Å².